The Balaban J connectivity index is 1.83. The van der Waals surface area contributed by atoms with E-state index in [0.29, 0.717) is 35.4 Å². The second-order valence-electron chi connectivity index (χ2n) is 6.33. The lowest BCUT2D eigenvalue weighted by Gasteiger charge is -2.38. The molecule has 2 heterocycles. The smallest absolute Gasteiger partial charge is 0.249 e. The van der Waals surface area contributed by atoms with Crippen LogP contribution in [0.15, 0.2) is 6.20 Å². The van der Waals surface area contributed by atoms with Gasteiger partial charge in [-0.2, -0.15) is 18.2 Å². The number of hydrogen-bond acceptors (Lipinski definition) is 4. The van der Waals surface area contributed by atoms with Crippen molar-refractivity contribution >= 4 is 22.8 Å². The van der Waals surface area contributed by atoms with Crippen LogP contribution in [0, 0.1) is 18.8 Å². The van der Waals surface area contributed by atoms with Gasteiger partial charge in [-0.05, 0) is 43.7 Å². The van der Waals surface area contributed by atoms with E-state index in [4.69, 9.17) is 11.6 Å². The molecule has 0 amide bonds. The van der Waals surface area contributed by atoms with Gasteiger partial charge in [0.25, 0.3) is 0 Å². The van der Waals surface area contributed by atoms with E-state index in [-0.39, 0.29) is 17.6 Å². The lowest BCUT2D eigenvalue weighted by Crippen LogP contribution is -2.35. The molecule has 116 valence electrons. The van der Waals surface area contributed by atoms with Crippen LogP contribution in [0.3, 0.4) is 0 Å². The molecule has 22 heavy (non-hydrogen) atoms. The molecule has 8 heteroatoms. The van der Waals surface area contributed by atoms with Gasteiger partial charge in [0.1, 0.15) is 5.52 Å². The first-order valence-corrected chi connectivity index (χ1v) is 7.40. The van der Waals surface area contributed by atoms with Gasteiger partial charge in [0, 0.05) is 11.6 Å². The van der Waals surface area contributed by atoms with Gasteiger partial charge in [-0.25, -0.2) is 15.0 Å². The second kappa shape index (κ2) is 4.28. The molecular weight excluding hydrogens is 317 g/mol. The summed E-state index contributed by atoms with van der Waals surface area (Å²) in [5.41, 5.74) is 1.44. The standard InChI is InChI=1S/C14H12ClF3N4/c1-6-5-19-9-10(21-12(15)22-11(9)20-6)13-2-7(3-13)8(4-13)14(16,17)18/h5,7-8H,2-4H2,1H3. The molecule has 3 saturated carbocycles. The summed E-state index contributed by atoms with van der Waals surface area (Å²) in [6.45, 7) is 1.77. The second-order valence-corrected chi connectivity index (χ2v) is 6.66. The number of aromatic nitrogens is 4. The topological polar surface area (TPSA) is 51.6 Å². The lowest BCUT2D eigenvalue weighted by atomic mass is 9.67. The number of alkyl halides is 3. The lowest BCUT2D eigenvalue weighted by molar-refractivity contribution is -0.180. The molecule has 3 aliphatic carbocycles. The van der Waals surface area contributed by atoms with E-state index >= 15 is 0 Å². The predicted molar refractivity (Wildman–Crippen MR) is 73.4 cm³/mol. The van der Waals surface area contributed by atoms with Crippen LogP contribution in [0.1, 0.15) is 30.7 Å². The fourth-order valence-corrected chi connectivity index (χ4v) is 4.16. The third kappa shape index (κ3) is 1.91. The van der Waals surface area contributed by atoms with Crippen LogP contribution in [0.5, 0.6) is 0 Å². The first-order valence-electron chi connectivity index (χ1n) is 7.03. The first-order chi connectivity index (χ1) is 10.3. The Morgan fingerprint density at radius 3 is 2.55 bits per heavy atom. The van der Waals surface area contributed by atoms with Crippen molar-refractivity contribution in [3.8, 4) is 0 Å². The van der Waals surface area contributed by atoms with Crippen molar-refractivity contribution in [3.63, 3.8) is 0 Å². The van der Waals surface area contributed by atoms with Gasteiger partial charge < -0.3 is 0 Å². The normalized spacial score (nSPS) is 30.6. The molecule has 0 aromatic carbocycles. The molecule has 1 unspecified atom stereocenters. The maximum atomic E-state index is 13.1. The van der Waals surface area contributed by atoms with E-state index < -0.39 is 17.5 Å². The van der Waals surface area contributed by atoms with E-state index in [1.165, 1.54) is 0 Å². The highest BCUT2D eigenvalue weighted by molar-refractivity contribution is 6.28. The molecule has 0 aliphatic heterocycles. The zero-order valence-electron chi connectivity index (χ0n) is 11.7. The highest BCUT2D eigenvalue weighted by Crippen LogP contribution is 2.66. The van der Waals surface area contributed by atoms with Crippen LogP contribution in [-0.4, -0.2) is 26.1 Å². The van der Waals surface area contributed by atoms with E-state index in [2.05, 4.69) is 19.9 Å². The van der Waals surface area contributed by atoms with Crippen LogP contribution >= 0.6 is 11.6 Å². The summed E-state index contributed by atoms with van der Waals surface area (Å²) in [4.78, 5) is 16.8. The molecule has 3 fully saturated rings. The number of halogens is 4. The third-order valence-electron chi connectivity index (χ3n) is 4.91. The van der Waals surface area contributed by atoms with Gasteiger partial charge in [-0.1, -0.05) is 0 Å². The highest BCUT2D eigenvalue weighted by Gasteiger charge is 2.65. The first kappa shape index (κ1) is 14.1. The Morgan fingerprint density at radius 2 is 1.91 bits per heavy atom. The molecule has 3 aliphatic rings. The molecule has 1 atom stereocenters. The maximum absolute atomic E-state index is 13.1. The van der Waals surface area contributed by atoms with Crippen molar-refractivity contribution in [2.24, 2.45) is 11.8 Å². The summed E-state index contributed by atoms with van der Waals surface area (Å²) in [6.07, 6.45) is -1.56. The summed E-state index contributed by atoms with van der Waals surface area (Å²) in [7, 11) is 0. The largest absolute Gasteiger partial charge is 0.392 e. The zero-order chi connectivity index (χ0) is 15.7. The van der Waals surface area contributed by atoms with Crippen molar-refractivity contribution < 1.29 is 13.2 Å². The van der Waals surface area contributed by atoms with Gasteiger partial charge >= 0.3 is 6.18 Å². The number of hydrogen-bond donors (Lipinski definition) is 0. The highest BCUT2D eigenvalue weighted by atomic mass is 35.5. The quantitative estimate of drug-likeness (QED) is 0.750. The number of nitrogens with zero attached hydrogens (tertiary/aromatic N) is 4. The molecule has 2 bridgehead atoms. The van der Waals surface area contributed by atoms with Crippen LogP contribution < -0.4 is 0 Å². The van der Waals surface area contributed by atoms with Gasteiger partial charge in [0.2, 0.25) is 5.28 Å². The average Bonchev–Trinajstić information content (AvgIpc) is 2.92. The summed E-state index contributed by atoms with van der Waals surface area (Å²) >= 11 is 5.95. The summed E-state index contributed by atoms with van der Waals surface area (Å²) in [5, 5.41) is 0.00989. The SMILES string of the molecule is Cc1cnc2c(C34CC(C3)C(C(F)(F)F)C4)nc(Cl)nc2n1. The average molecular weight is 329 g/mol. The summed E-state index contributed by atoms with van der Waals surface area (Å²) in [6, 6.07) is 0. The van der Waals surface area contributed by atoms with Crippen LogP contribution in [-0.2, 0) is 5.41 Å². The molecule has 4 nitrogen and oxygen atoms in total. The Bertz CT molecular complexity index is 765. The van der Waals surface area contributed by atoms with Crippen molar-refractivity contribution in [2.45, 2.75) is 37.8 Å². The van der Waals surface area contributed by atoms with Gasteiger partial charge in [-0.3, -0.25) is 0 Å². The summed E-state index contributed by atoms with van der Waals surface area (Å²) in [5.74, 6) is -1.57. The van der Waals surface area contributed by atoms with Crippen LogP contribution in [0.25, 0.3) is 11.2 Å². The minimum atomic E-state index is -4.15. The monoisotopic (exact) mass is 328 g/mol. The van der Waals surface area contributed by atoms with Gasteiger partial charge in [0.15, 0.2) is 5.65 Å². The van der Waals surface area contributed by atoms with Crippen molar-refractivity contribution in [3.05, 3.63) is 22.9 Å². The molecule has 5 rings (SSSR count). The van der Waals surface area contributed by atoms with Crippen LogP contribution in [0.2, 0.25) is 5.28 Å². The number of rotatable bonds is 1. The maximum Gasteiger partial charge on any atom is 0.392 e. The predicted octanol–water partition coefficient (Wildman–Crippen LogP) is 3.61. The Kier molecular flexibility index (Phi) is 2.74. The molecular formula is C14H12ClF3N4. The van der Waals surface area contributed by atoms with Gasteiger partial charge in [0.05, 0.1) is 17.3 Å². The molecule has 2 aromatic heterocycles. The molecule has 0 saturated heterocycles. The molecule has 0 N–H and O–H groups in total. The molecule has 2 aromatic rings. The summed E-state index contributed by atoms with van der Waals surface area (Å²) < 4.78 is 39.2. The fraction of sp³-hybridized carbons (Fsp3) is 0.571. The van der Waals surface area contributed by atoms with Crippen molar-refractivity contribution in [2.75, 3.05) is 0 Å². The van der Waals surface area contributed by atoms with E-state index in [0.717, 1.165) is 0 Å². The molecule has 0 spiro atoms. The zero-order valence-corrected chi connectivity index (χ0v) is 12.4. The minimum absolute atomic E-state index is 0.00989. The van der Waals surface area contributed by atoms with Gasteiger partial charge in [-0.15, -0.1) is 0 Å². The Labute approximate surface area is 129 Å². The number of aryl methyl sites for hydroxylation is 1. The van der Waals surface area contributed by atoms with Crippen molar-refractivity contribution in [1.82, 2.24) is 19.9 Å². The van der Waals surface area contributed by atoms with Crippen molar-refractivity contribution in [1.29, 1.82) is 0 Å². The minimum Gasteiger partial charge on any atom is -0.249 e. The van der Waals surface area contributed by atoms with Crippen LogP contribution in [0.4, 0.5) is 13.2 Å². The Morgan fingerprint density at radius 1 is 1.18 bits per heavy atom. The van der Waals surface area contributed by atoms with E-state index in [1.54, 1.807) is 13.1 Å². The van der Waals surface area contributed by atoms with E-state index in [9.17, 15) is 13.2 Å². The molecule has 0 radical (unpaired) electrons. The fourth-order valence-electron chi connectivity index (χ4n) is 3.99. The third-order valence-corrected chi connectivity index (χ3v) is 5.08. The Hall–Kier alpha value is -1.50. The number of fused-ring (bicyclic) bond motifs is 2. The van der Waals surface area contributed by atoms with E-state index in [1.807, 2.05) is 0 Å².